The lowest BCUT2D eigenvalue weighted by Crippen LogP contribution is -2.42. The van der Waals surface area contributed by atoms with E-state index in [9.17, 15) is 19.2 Å². The third-order valence-corrected chi connectivity index (χ3v) is 7.13. The average molecular weight is 461 g/mol. The number of hydrogen-bond acceptors (Lipinski definition) is 5. The number of amides is 5. The number of halogens is 1. The molecule has 10 heteroatoms. The van der Waals surface area contributed by atoms with Crippen LogP contribution >= 0.6 is 22.9 Å². The van der Waals surface area contributed by atoms with Gasteiger partial charge >= 0.3 is 6.03 Å². The molecule has 2 aliphatic rings. The molecule has 0 saturated carbocycles. The normalized spacial score (nSPS) is 20.4. The first-order valence-corrected chi connectivity index (χ1v) is 11.0. The van der Waals surface area contributed by atoms with E-state index in [-0.39, 0.29) is 0 Å². The molecule has 1 aliphatic carbocycles. The van der Waals surface area contributed by atoms with Crippen LogP contribution in [0.3, 0.4) is 0 Å². The monoisotopic (exact) mass is 460 g/mol. The van der Waals surface area contributed by atoms with Crippen molar-refractivity contribution in [2.24, 2.45) is 5.73 Å². The molecule has 1 saturated heterocycles. The minimum atomic E-state index is -1.30. The number of hydrogen-bond donors (Lipinski definition) is 3. The van der Waals surface area contributed by atoms with E-state index in [0.29, 0.717) is 21.2 Å². The van der Waals surface area contributed by atoms with Crippen LogP contribution in [-0.2, 0) is 28.0 Å². The van der Waals surface area contributed by atoms with Crippen LogP contribution in [0.25, 0.3) is 0 Å². The van der Waals surface area contributed by atoms with Crippen LogP contribution in [-0.4, -0.2) is 35.2 Å². The second kappa shape index (κ2) is 7.97. The maximum absolute atomic E-state index is 13.0. The zero-order valence-electron chi connectivity index (χ0n) is 16.8. The number of aryl methyl sites for hydroxylation is 1. The summed E-state index contributed by atoms with van der Waals surface area (Å²) in [7, 11) is 0. The summed E-state index contributed by atoms with van der Waals surface area (Å²) in [6, 6.07) is 5.89. The molecule has 4 rings (SSSR count). The van der Waals surface area contributed by atoms with Gasteiger partial charge in [-0.25, -0.2) is 4.79 Å². The lowest BCUT2D eigenvalue weighted by atomic mass is 9.92. The Balaban J connectivity index is 1.52. The highest BCUT2D eigenvalue weighted by Crippen LogP contribution is 2.38. The van der Waals surface area contributed by atoms with Gasteiger partial charge in [-0.1, -0.05) is 23.7 Å². The largest absolute Gasteiger partial charge is 0.365 e. The molecule has 1 atom stereocenters. The Morgan fingerprint density at radius 3 is 2.58 bits per heavy atom. The molecule has 8 nitrogen and oxygen atoms in total. The molecule has 31 heavy (non-hydrogen) atoms. The smallest absolute Gasteiger partial charge is 0.325 e. The molecule has 2 aromatic rings. The number of imide groups is 1. The second-order valence-electron chi connectivity index (χ2n) is 7.78. The zero-order valence-corrected chi connectivity index (χ0v) is 18.4. The Kier molecular flexibility index (Phi) is 5.49. The van der Waals surface area contributed by atoms with Crippen LogP contribution in [0, 0.1) is 0 Å². The van der Waals surface area contributed by atoms with Gasteiger partial charge in [0.2, 0.25) is 5.91 Å². The summed E-state index contributed by atoms with van der Waals surface area (Å²) >= 11 is 7.24. The van der Waals surface area contributed by atoms with Crippen LogP contribution < -0.4 is 16.4 Å². The number of nitrogens with zero attached hydrogens (tertiary/aromatic N) is 1. The molecule has 0 unspecified atom stereocenters. The Bertz CT molecular complexity index is 1100. The van der Waals surface area contributed by atoms with Gasteiger partial charge < -0.3 is 16.4 Å². The summed E-state index contributed by atoms with van der Waals surface area (Å²) in [4.78, 5) is 52.1. The highest BCUT2D eigenvalue weighted by molar-refractivity contribution is 7.17. The van der Waals surface area contributed by atoms with Gasteiger partial charge in [0.25, 0.3) is 11.8 Å². The number of urea groups is 1. The van der Waals surface area contributed by atoms with Gasteiger partial charge in [0.15, 0.2) is 0 Å². The summed E-state index contributed by atoms with van der Waals surface area (Å²) in [5.74, 6) is -1.72. The van der Waals surface area contributed by atoms with Crippen molar-refractivity contribution >= 4 is 51.7 Å². The Labute approximate surface area is 187 Å². The summed E-state index contributed by atoms with van der Waals surface area (Å²) in [5.41, 5.74) is 6.03. The van der Waals surface area contributed by atoms with E-state index in [1.165, 1.54) is 11.3 Å². The number of thiophene rings is 1. The molecule has 1 aliphatic heterocycles. The van der Waals surface area contributed by atoms with Crippen molar-refractivity contribution in [1.29, 1.82) is 0 Å². The molecule has 162 valence electrons. The van der Waals surface area contributed by atoms with Crippen molar-refractivity contribution in [3.05, 3.63) is 50.9 Å². The fraction of sp³-hybridized carbons (Fsp3) is 0.333. The number of fused-ring (bicyclic) bond motifs is 1. The third-order valence-electron chi connectivity index (χ3n) is 5.67. The molecule has 2 heterocycles. The molecule has 1 fully saturated rings. The predicted molar refractivity (Wildman–Crippen MR) is 117 cm³/mol. The first-order chi connectivity index (χ1) is 14.7. The number of anilines is 1. The number of nitrogens with two attached hydrogens (primary N) is 1. The number of benzene rings is 1. The maximum atomic E-state index is 13.0. The minimum absolute atomic E-state index is 0.330. The SMILES string of the molecule is C[C@]1(c2ccc(Cl)cc2)NC(=O)N(CC(=O)Nc2sc3c(c2C(N)=O)CCCC3)C1=O. The second-order valence-corrected chi connectivity index (χ2v) is 9.32. The predicted octanol–water partition coefficient (Wildman–Crippen LogP) is 2.78. The summed E-state index contributed by atoms with van der Waals surface area (Å²) < 4.78 is 0. The number of nitrogens with one attached hydrogen (secondary N) is 2. The van der Waals surface area contributed by atoms with Gasteiger partial charge in [0.1, 0.15) is 17.1 Å². The van der Waals surface area contributed by atoms with E-state index < -0.39 is 35.8 Å². The Morgan fingerprint density at radius 1 is 1.23 bits per heavy atom. The van der Waals surface area contributed by atoms with E-state index in [4.69, 9.17) is 17.3 Å². The van der Waals surface area contributed by atoms with Gasteiger partial charge in [-0.15, -0.1) is 11.3 Å². The standard InChI is InChI=1S/C21H21ClN4O4S/c1-21(11-6-8-12(22)9-7-11)19(29)26(20(30)25-21)10-15(27)24-18-16(17(23)28)13-4-2-3-5-14(13)31-18/h6-9H,2-5,10H2,1H3,(H2,23,28)(H,24,27)(H,25,30)/t21-/m1/s1. The van der Waals surface area contributed by atoms with Crippen LogP contribution in [0.15, 0.2) is 24.3 Å². The van der Waals surface area contributed by atoms with Crippen LogP contribution in [0.2, 0.25) is 5.02 Å². The van der Waals surface area contributed by atoms with E-state index in [2.05, 4.69) is 10.6 Å². The highest BCUT2D eigenvalue weighted by Gasteiger charge is 2.49. The first-order valence-electron chi connectivity index (χ1n) is 9.85. The summed E-state index contributed by atoms with van der Waals surface area (Å²) in [6.45, 7) is 1.10. The lowest BCUT2D eigenvalue weighted by molar-refractivity contribution is -0.133. The Hall–Kier alpha value is -2.91. The van der Waals surface area contributed by atoms with E-state index in [1.54, 1.807) is 31.2 Å². The third kappa shape index (κ3) is 3.79. The quantitative estimate of drug-likeness (QED) is 0.594. The minimum Gasteiger partial charge on any atom is -0.365 e. The highest BCUT2D eigenvalue weighted by atomic mass is 35.5. The van der Waals surface area contributed by atoms with Crippen molar-refractivity contribution in [1.82, 2.24) is 10.2 Å². The van der Waals surface area contributed by atoms with E-state index in [1.807, 2.05) is 0 Å². The number of carbonyl (C=O) groups excluding carboxylic acids is 4. The van der Waals surface area contributed by atoms with Gasteiger partial charge in [0.05, 0.1) is 5.56 Å². The molecule has 4 N–H and O–H groups in total. The summed E-state index contributed by atoms with van der Waals surface area (Å²) in [5, 5.41) is 6.20. The maximum Gasteiger partial charge on any atom is 0.325 e. The van der Waals surface area contributed by atoms with Crippen LogP contribution in [0.4, 0.5) is 9.80 Å². The average Bonchev–Trinajstić information content (AvgIpc) is 3.18. The summed E-state index contributed by atoms with van der Waals surface area (Å²) in [6.07, 6.45) is 3.56. The van der Waals surface area contributed by atoms with Gasteiger partial charge in [-0.2, -0.15) is 0 Å². The van der Waals surface area contributed by atoms with Crippen molar-refractivity contribution in [3.63, 3.8) is 0 Å². The van der Waals surface area contributed by atoms with E-state index >= 15 is 0 Å². The van der Waals surface area contributed by atoms with Gasteiger partial charge in [0, 0.05) is 9.90 Å². The van der Waals surface area contributed by atoms with Crippen molar-refractivity contribution in [3.8, 4) is 0 Å². The number of rotatable bonds is 5. The molecular formula is C21H21ClN4O4S. The molecule has 1 aromatic carbocycles. The molecule has 0 bridgehead atoms. The molecular weight excluding hydrogens is 440 g/mol. The van der Waals surface area contributed by atoms with Gasteiger partial charge in [-0.3, -0.25) is 19.3 Å². The number of primary amides is 1. The van der Waals surface area contributed by atoms with Crippen LogP contribution in [0.5, 0.6) is 0 Å². The first kappa shape index (κ1) is 21.3. The lowest BCUT2D eigenvalue weighted by Gasteiger charge is -2.22. The van der Waals surface area contributed by atoms with Crippen LogP contribution in [0.1, 0.15) is 46.1 Å². The van der Waals surface area contributed by atoms with Crippen molar-refractivity contribution in [2.45, 2.75) is 38.1 Å². The van der Waals surface area contributed by atoms with Gasteiger partial charge in [-0.05, 0) is 55.9 Å². The fourth-order valence-corrected chi connectivity index (χ4v) is 5.48. The Morgan fingerprint density at radius 2 is 1.90 bits per heavy atom. The molecule has 0 radical (unpaired) electrons. The molecule has 0 spiro atoms. The zero-order chi connectivity index (χ0) is 22.3. The topological polar surface area (TPSA) is 122 Å². The van der Waals surface area contributed by atoms with Crippen molar-refractivity contribution in [2.75, 3.05) is 11.9 Å². The molecule has 5 amide bonds. The van der Waals surface area contributed by atoms with E-state index in [0.717, 1.165) is 41.0 Å². The fourth-order valence-electron chi connectivity index (χ4n) is 4.04. The number of carbonyl (C=O) groups is 4. The molecule has 1 aromatic heterocycles. The van der Waals surface area contributed by atoms with Crippen molar-refractivity contribution < 1.29 is 19.2 Å².